The summed E-state index contributed by atoms with van der Waals surface area (Å²) in [7, 11) is 1.57. The highest BCUT2D eigenvalue weighted by Crippen LogP contribution is 2.43. The molecular weight excluding hydrogens is 450 g/mol. The van der Waals surface area contributed by atoms with Gasteiger partial charge in [0.15, 0.2) is 0 Å². The standard InChI is InChI=1S/C27H35NO7/c1-25(2,3)35-21-13-11-20(12-14-21)22(30-5)23(27-32-16-26(4,17-33-27)18-34-27)28-24(29)31-15-19-9-7-6-8-10-19/h6-14,22-23H,15-18H2,1-5H3,(H,28,29)/t22-,23+,26?,27?/m1/s1. The molecule has 8 nitrogen and oxygen atoms in total. The molecule has 2 aromatic carbocycles. The highest BCUT2D eigenvalue weighted by atomic mass is 16.9. The van der Waals surface area contributed by atoms with Gasteiger partial charge in [0.1, 0.15) is 30.1 Å². The van der Waals surface area contributed by atoms with Crippen LogP contribution in [0.2, 0.25) is 0 Å². The molecule has 8 heteroatoms. The monoisotopic (exact) mass is 485 g/mol. The van der Waals surface area contributed by atoms with Crippen molar-refractivity contribution >= 4 is 6.09 Å². The second-order valence-corrected chi connectivity index (χ2v) is 10.4. The van der Waals surface area contributed by atoms with E-state index in [9.17, 15) is 4.79 Å². The van der Waals surface area contributed by atoms with Gasteiger partial charge in [-0.15, -0.1) is 0 Å². The van der Waals surface area contributed by atoms with E-state index in [0.717, 1.165) is 16.9 Å². The van der Waals surface area contributed by atoms with Gasteiger partial charge in [0.05, 0.1) is 19.8 Å². The third-order valence-corrected chi connectivity index (χ3v) is 5.92. The zero-order chi connectivity index (χ0) is 25.1. The fourth-order valence-electron chi connectivity index (χ4n) is 4.13. The third kappa shape index (κ3) is 6.13. The van der Waals surface area contributed by atoms with Gasteiger partial charge >= 0.3 is 12.1 Å². The van der Waals surface area contributed by atoms with E-state index in [-0.39, 0.29) is 17.6 Å². The van der Waals surface area contributed by atoms with Crippen LogP contribution >= 0.6 is 0 Å². The lowest BCUT2D eigenvalue weighted by molar-refractivity contribution is -0.478. The van der Waals surface area contributed by atoms with Crippen molar-refractivity contribution in [2.45, 2.75) is 58.0 Å². The highest BCUT2D eigenvalue weighted by molar-refractivity contribution is 5.68. The first-order valence-corrected chi connectivity index (χ1v) is 11.8. The first kappa shape index (κ1) is 25.4. The molecule has 1 N–H and O–H groups in total. The summed E-state index contributed by atoms with van der Waals surface area (Å²) in [5, 5.41) is 2.90. The molecule has 1 amide bonds. The van der Waals surface area contributed by atoms with Gasteiger partial charge in [0, 0.05) is 12.5 Å². The number of fused-ring (bicyclic) bond motifs is 3. The number of hydrogen-bond acceptors (Lipinski definition) is 7. The molecule has 0 unspecified atom stereocenters. The van der Waals surface area contributed by atoms with Crippen LogP contribution in [0.3, 0.4) is 0 Å². The molecule has 190 valence electrons. The molecular formula is C27H35NO7. The smallest absolute Gasteiger partial charge is 0.408 e. The summed E-state index contributed by atoms with van der Waals surface area (Å²) in [6.07, 6.45) is -1.27. The summed E-state index contributed by atoms with van der Waals surface area (Å²) in [6, 6.07) is 16.2. The van der Waals surface area contributed by atoms with Crippen LogP contribution in [0.4, 0.5) is 4.79 Å². The molecule has 3 aliphatic rings. The molecule has 2 aromatic rings. The van der Waals surface area contributed by atoms with E-state index in [4.69, 9.17) is 28.4 Å². The van der Waals surface area contributed by atoms with E-state index >= 15 is 0 Å². The van der Waals surface area contributed by atoms with Crippen molar-refractivity contribution in [1.29, 1.82) is 0 Å². The molecule has 0 aromatic heterocycles. The van der Waals surface area contributed by atoms with Gasteiger partial charge in [0.2, 0.25) is 0 Å². The van der Waals surface area contributed by atoms with Gasteiger partial charge in [-0.1, -0.05) is 49.4 Å². The van der Waals surface area contributed by atoms with E-state index < -0.39 is 24.2 Å². The van der Waals surface area contributed by atoms with Crippen molar-refractivity contribution in [3.05, 3.63) is 65.7 Å². The number of alkyl carbamates (subject to hydrolysis) is 1. The van der Waals surface area contributed by atoms with Crippen molar-refractivity contribution in [3.63, 3.8) is 0 Å². The number of nitrogens with one attached hydrogen (secondary N) is 1. The quantitative estimate of drug-likeness (QED) is 0.586. The number of methoxy groups -OCH3 is 1. The Hall–Kier alpha value is -2.65. The summed E-state index contributed by atoms with van der Waals surface area (Å²) in [5.41, 5.74) is 1.13. The molecule has 0 spiro atoms. The van der Waals surface area contributed by atoms with Crippen LogP contribution in [0, 0.1) is 5.41 Å². The molecule has 2 bridgehead atoms. The Bertz CT molecular complexity index is 962. The molecule has 35 heavy (non-hydrogen) atoms. The Morgan fingerprint density at radius 3 is 2.14 bits per heavy atom. The maximum absolute atomic E-state index is 12.9. The summed E-state index contributed by atoms with van der Waals surface area (Å²) in [4.78, 5) is 12.9. The van der Waals surface area contributed by atoms with Gasteiger partial charge in [-0.3, -0.25) is 0 Å². The van der Waals surface area contributed by atoms with Crippen LogP contribution in [0.1, 0.15) is 44.9 Å². The predicted octanol–water partition coefficient (Wildman–Crippen LogP) is 4.58. The van der Waals surface area contributed by atoms with Gasteiger partial charge in [-0.25, -0.2) is 4.79 Å². The Balaban J connectivity index is 1.56. The molecule has 0 aliphatic carbocycles. The number of amides is 1. The minimum atomic E-state index is -1.50. The molecule has 3 heterocycles. The summed E-state index contributed by atoms with van der Waals surface area (Å²) in [5.74, 6) is -0.763. The van der Waals surface area contributed by atoms with Gasteiger partial charge < -0.3 is 33.7 Å². The van der Waals surface area contributed by atoms with E-state index in [2.05, 4.69) is 5.32 Å². The van der Waals surface area contributed by atoms with Gasteiger partial charge in [-0.2, -0.15) is 0 Å². The Morgan fingerprint density at radius 2 is 1.60 bits per heavy atom. The highest BCUT2D eigenvalue weighted by Gasteiger charge is 2.58. The minimum absolute atomic E-state index is 0.128. The van der Waals surface area contributed by atoms with Crippen molar-refractivity contribution < 1.29 is 33.2 Å². The zero-order valence-corrected chi connectivity index (χ0v) is 21.0. The van der Waals surface area contributed by atoms with Crippen molar-refractivity contribution in [1.82, 2.24) is 5.32 Å². The second-order valence-electron chi connectivity index (χ2n) is 10.4. The van der Waals surface area contributed by atoms with Crippen molar-refractivity contribution in [3.8, 4) is 5.75 Å². The van der Waals surface area contributed by atoms with Crippen LogP contribution in [0.5, 0.6) is 5.75 Å². The topological polar surface area (TPSA) is 84.5 Å². The van der Waals surface area contributed by atoms with E-state index in [1.165, 1.54) is 0 Å². The Morgan fingerprint density at radius 1 is 1.00 bits per heavy atom. The molecule has 3 aliphatic heterocycles. The lowest BCUT2D eigenvalue weighted by Crippen LogP contribution is -2.68. The first-order valence-electron chi connectivity index (χ1n) is 11.8. The van der Waals surface area contributed by atoms with Crippen LogP contribution in [0.25, 0.3) is 0 Å². The number of ether oxygens (including phenoxy) is 6. The molecule has 3 fully saturated rings. The summed E-state index contributed by atoms with van der Waals surface area (Å²) < 4.78 is 35.5. The van der Waals surface area contributed by atoms with Crippen LogP contribution < -0.4 is 10.1 Å². The molecule has 3 saturated heterocycles. The second kappa shape index (κ2) is 10.1. The fraction of sp³-hybridized carbons (Fsp3) is 0.519. The average molecular weight is 486 g/mol. The van der Waals surface area contributed by atoms with Crippen LogP contribution in [-0.2, 0) is 30.3 Å². The fourth-order valence-corrected chi connectivity index (χ4v) is 4.13. The molecule has 5 rings (SSSR count). The summed E-state index contributed by atoms with van der Waals surface area (Å²) >= 11 is 0. The normalized spacial score (nSPS) is 25.5. The lowest BCUT2D eigenvalue weighted by Gasteiger charge is -2.53. The van der Waals surface area contributed by atoms with Crippen molar-refractivity contribution in [2.24, 2.45) is 5.41 Å². The summed E-state index contributed by atoms with van der Waals surface area (Å²) in [6.45, 7) is 9.47. The maximum Gasteiger partial charge on any atom is 0.408 e. The number of benzene rings is 2. The number of carbonyl (C=O) groups excluding carboxylic acids is 1. The van der Waals surface area contributed by atoms with E-state index in [0.29, 0.717) is 19.8 Å². The minimum Gasteiger partial charge on any atom is -0.488 e. The van der Waals surface area contributed by atoms with Gasteiger partial charge in [-0.05, 0) is 44.0 Å². The van der Waals surface area contributed by atoms with E-state index in [1.807, 2.05) is 82.3 Å². The average Bonchev–Trinajstić information content (AvgIpc) is 2.84. The molecule has 2 atom stereocenters. The zero-order valence-electron chi connectivity index (χ0n) is 21.0. The van der Waals surface area contributed by atoms with E-state index in [1.54, 1.807) is 7.11 Å². The Kier molecular flexibility index (Phi) is 7.38. The largest absolute Gasteiger partial charge is 0.488 e. The lowest BCUT2D eigenvalue weighted by atomic mass is 9.89. The molecule has 0 radical (unpaired) electrons. The number of hydrogen-bond donors (Lipinski definition) is 1. The number of carbonyl (C=O) groups is 1. The number of rotatable bonds is 8. The van der Waals surface area contributed by atoms with Gasteiger partial charge in [0.25, 0.3) is 0 Å². The SMILES string of the molecule is CO[C@H](c1ccc(OC(C)(C)C)cc1)[C@H](NC(=O)OCc1ccccc1)C12OCC(C)(CO1)CO2. The van der Waals surface area contributed by atoms with Crippen LogP contribution in [0.15, 0.2) is 54.6 Å². The molecule has 0 saturated carbocycles. The Labute approximate surface area is 206 Å². The first-order chi connectivity index (χ1) is 16.6. The van der Waals surface area contributed by atoms with Crippen LogP contribution in [-0.4, -0.2) is 50.6 Å². The maximum atomic E-state index is 12.9. The van der Waals surface area contributed by atoms with Crippen molar-refractivity contribution in [2.75, 3.05) is 26.9 Å². The third-order valence-electron chi connectivity index (χ3n) is 5.92. The predicted molar refractivity (Wildman–Crippen MR) is 129 cm³/mol.